The third-order valence-corrected chi connectivity index (χ3v) is 6.62. The fourth-order valence-corrected chi connectivity index (χ4v) is 4.68. The van der Waals surface area contributed by atoms with Crippen molar-refractivity contribution in [3.05, 3.63) is 71.2 Å². The number of esters is 1. The van der Waals surface area contributed by atoms with Crippen LogP contribution in [0.2, 0.25) is 0 Å². The van der Waals surface area contributed by atoms with Gasteiger partial charge in [0.25, 0.3) is 0 Å². The molecule has 2 aromatic carbocycles. The van der Waals surface area contributed by atoms with E-state index >= 15 is 0 Å². The highest BCUT2D eigenvalue weighted by Crippen LogP contribution is 2.37. The van der Waals surface area contributed by atoms with Crippen LogP contribution in [0.1, 0.15) is 30.9 Å². The predicted octanol–water partition coefficient (Wildman–Crippen LogP) is 6.58. The number of fused-ring (bicyclic) bond motifs is 1. The van der Waals surface area contributed by atoms with E-state index in [0.29, 0.717) is 37.9 Å². The minimum atomic E-state index is -0.333. The molecule has 0 amide bonds. The van der Waals surface area contributed by atoms with Crippen molar-refractivity contribution in [2.45, 2.75) is 33.3 Å². The first-order valence-corrected chi connectivity index (χ1v) is 12.9. The summed E-state index contributed by atoms with van der Waals surface area (Å²) in [6.45, 7) is 5.27. The molecule has 190 valence electrons. The zero-order chi connectivity index (χ0) is 26.0. The second kappa shape index (κ2) is 12.9. The SMILES string of the molecule is CC#CCCC(=O)Oc1ccc(OCc2ccc3scc(-c4cc(OCCOC)ccc4C)c3c2)nc1. The summed E-state index contributed by atoms with van der Waals surface area (Å²) in [5.41, 5.74) is 4.54. The molecule has 0 saturated carbocycles. The van der Waals surface area contributed by atoms with Gasteiger partial charge in [0.2, 0.25) is 5.88 Å². The van der Waals surface area contributed by atoms with Crippen molar-refractivity contribution in [2.75, 3.05) is 20.3 Å². The number of benzene rings is 2. The van der Waals surface area contributed by atoms with Crippen LogP contribution in [-0.4, -0.2) is 31.3 Å². The van der Waals surface area contributed by atoms with E-state index in [2.05, 4.69) is 59.5 Å². The number of hydrogen-bond acceptors (Lipinski definition) is 7. The molecule has 0 spiro atoms. The van der Waals surface area contributed by atoms with Crippen molar-refractivity contribution in [1.29, 1.82) is 0 Å². The summed E-state index contributed by atoms with van der Waals surface area (Å²) in [6, 6.07) is 15.9. The van der Waals surface area contributed by atoms with Crippen LogP contribution in [0, 0.1) is 18.8 Å². The number of ether oxygens (including phenoxy) is 4. The Bertz CT molecular complexity index is 1420. The van der Waals surface area contributed by atoms with Crippen molar-refractivity contribution in [1.82, 2.24) is 4.98 Å². The fourth-order valence-electron chi connectivity index (χ4n) is 3.74. The number of nitrogens with zero attached hydrogens (tertiary/aromatic N) is 1. The third-order valence-electron chi connectivity index (χ3n) is 5.65. The summed E-state index contributed by atoms with van der Waals surface area (Å²) >= 11 is 1.72. The van der Waals surface area contributed by atoms with Gasteiger partial charge in [-0.05, 0) is 66.2 Å². The van der Waals surface area contributed by atoms with Gasteiger partial charge in [-0.1, -0.05) is 12.1 Å². The van der Waals surface area contributed by atoms with Gasteiger partial charge in [-0.2, -0.15) is 0 Å². The first-order chi connectivity index (χ1) is 18.1. The molecule has 7 heteroatoms. The lowest BCUT2D eigenvalue weighted by atomic mass is 9.99. The number of aryl methyl sites for hydroxylation is 1. The minimum Gasteiger partial charge on any atom is -0.491 e. The predicted molar refractivity (Wildman–Crippen MR) is 146 cm³/mol. The number of methoxy groups -OCH3 is 1. The number of rotatable bonds is 11. The van der Waals surface area contributed by atoms with Gasteiger partial charge < -0.3 is 18.9 Å². The summed E-state index contributed by atoms with van der Waals surface area (Å²) in [5, 5.41) is 3.36. The Balaban J connectivity index is 1.43. The van der Waals surface area contributed by atoms with Crippen LogP contribution in [0.5, 0.6) is 17.4 Å². The summed E-state index contributed by atoms with van der Waals surface area (Å²) in [4.78, 5) is 16.1. The first-order valence-electron chi connectivity index (χ1n) is 12.0. The Morgan fingerprint density at radius 1 is 1.00 bits per heavy atom. The van der Waals surface area contributed by atoms with Gasteiger partial charge in [0.1, 0.15) is 24.7 Å². The van der Waals surface area contributed by atoms with Crippen LogP contribution >= 0.6 is 11.3 Å². The van der Waals surface area contributed by atoms with E-state index in [1.54, 1.807) is 37.5 Å². The number of carbonyl (C=O) groups is 1. The van der Waals surface area contributed by atoms with Gasteiger partial charge in [0.05, 0.1) is 19.2 Å². The van der Waals surface area contributed by atoms with Gasteiger partial charge in [-0.3, -0.25) is 4.79 Å². The van der Waals surface area contributed by atoms with Crippen LogP contribution in [0.15, 0.2) is 60.1 Å². The van der Waals surface area contributed by atoms with E-state index in [9.17, 15) is 4.79 Å². The zero-order valence-electron chi connectivity index (χ0n) is 21.2. The van der Waals surface area contributed by atoms with Crippen molar-refractivity contribution in [3.8, 4) is 40.3 Å². The Morgan fingerprint density at radius 2 is 1.86 bits per heavy atom. The van der Waals surface area contributed by atoms with E-state index in [-0.39, 0.29) is 12.4 Å². The topological polar surface area (TPSA) is 66.9 Å². The number of thiophene rings is 1. The van der Waals surface area contributed by atoms with E-state index in [4.69, 9.17) is 18.9 Å². The smallest absolute Gasteiger partial charge is 0.312 e. The largest absolute Gasteiger partial charge is 0.491 e. The quantitative estimate of drug-likeness (QED) is 0.128. The molecule has 4 rings (SSSR count). The summed E-state index contributed by atoms with van der Waals surface area (Å²) in [7, 11) is 1.66. The number of aromatic nitrogens is 1. The molecule has 0 N–H and O–H groups in total. The lowest BCUT2D eigenvalue weighted by Gasteiger charge is -2.11. The Labute approximate surface area is 221 Å². The normalized spacial score (nSPS) is 10.6. The van der Waals surface area contributed by atoms with Crippen molar-refractivity contribution in [2.24, 2.45) is 0 Å². The second-order valence-electron chi connectivity index (χ2n) is 8.32. The molecule has 2 aromatic heterocycles. The zero-order valence-corrected chi connectivity index (χ0v) is 22.0. The molecule has 0 saturated heterocycles. The highest BCUT2D eigenvalue weighted by molar-refractivity contribution is 7.17. The molecular formula is C30H29NO5S. The van der Waals surface area contributed by atoms with Crippen LogP contribution in [-0.2, 0) is 16.1 Å². The van der Waals surface area contributed by atoms with Gasteiger partial charge in [-0.15, -0.1) is 23.2 Å². The minimum absolute atomic E-state index is 0.247. The number of carbonyl (C=O) groups excluding carboxylic acids is 1. The fraction of sp³-hybridized carbons (Fsp3) is 0.267. The Hall–Kier alpha value is -3.86. The molecule has 0 aliphatic carbocycles. The molecule has 2 heterocycles. The van der Waals surface area contributed by atoms with Crippen molar-refractivity contribution < 1.29 is 23.7 Å². The molecule has 0 aliphatic heterocycles. The van der Waals surface area contributed by atoms with Crippen LogP contribution in [0.25, 0.3) is 21.2 Å². The maximum absolute atomic E-state index is 11.8. The van der Waals surface area contributed by atoms with Gasteiger partial charge >= 0.3 is 5.97 Å². The van der Waals surface area contributed by atoms with E-state index in [0.717, 1.165) is 16.9 Å². The van der Waals surface area contributed by atoms with Crippen LogP contribution in [0.3, 0.4) is 0 Å². The lowest BCUT2D eigenvalue weighted by molar-refractivity contribution is -0.134. The first kappa shape index (κ1) is 26.2. The molecule has 4 aromatic rings. The Kier molecular flexibility index (Phi) is 9.14. The number of pyridine rings is 1. The maximum atomic E-state index is 11.8. The van der Waals surface area contributed by atoms with Crippen molar-refractivity contribution >= 4 is 27.4 Å². The molecule has 0 aliphatic rings. The summed E-state index contributed by atoms with van der Waals surface area (Å²) in [6.07, 6.45) is 2.22. The van der Waals surface area contributed by atoms with Crippen LogP contribution in [0.4, 0.5) is 0 Å². The Morgan fingerprint density at radius 3 is 2.65 bits per heavy atom. The third kappa shape index (κ3) is 7.10. The average molecular weight is 516 g/mol. The van der Waals surface area contributed by atoms with E-state index in [1.807, 2.05) is 6.07 Å². The monoisotopic (exact) mass is 515 g/mol. The molecular weight excluding hydrogens is 486 g/mol. The lowest BCUT2D eigenvalue weighted by Crippen LogP contribution is -2.07. The molecule has 6 nitrogen and oxygen atoms in total. The van der Waals surface area contributed by atoms with Gasteiger partial charge in [0, 0.05) is 35.2 Å². The molecule has 0 unspecified atom stereocenters. The summed E-state index contributed by atoms with van der Waals surface area (Å²) < 4.78 is 23.3. The van der Waals surface area contributed by atoms with Gasteiger partial charge in [-0.25, -0.2) is 4.98 Å². The average Bonchev–Trinajstić information content (AvgIpc) is 3.32. The standard InChI is InChI=1S/C30H29NO5S/c1-4-5-6-7-30(32)36-24-11-13-29(31-18-24)35-19-22-9-12-28-26(16-22)27(20-37-28)25-17-23(10-8-21(25)2)34-15-14-33-3/h8-13,16-18,20H,6-7,14-15,19H2,1-3H3. The maximum Gasteiger partial charge on any atom is 0.312 e. The van der Waals surface area contributed by atoms with Crippen molar-refractivity contribution in [3.63, 3.8) is 0 Å². The summed E-state index contributed by atoms with van der Waals surface area (Å²) in [5.74, 6) is 6.94. The van der Waals surface area contributed by atoms with Gasteiger partial charge in [0.15, 0.2) is 0 Å². The molecule has 0 radical (unpaired) electrons. The molecule has 37 heavy (non-hydrogen) atoms. The van der Waals surface area contributed by atoms with E-state index < -0.39 is 0 Å². The highest BCUT2D eigenvalue weighted by atomic mass is 32.1. The van der Waals surface area contributed by atoms with Crippen LogP contribution < -0.4 is 14.2 Å². The highest BCUT2D eigenvalue weighted by Gasteiger charge is 2.12. The second-order valence-corrected chi connectivity index (χ2v) is 9.23. The number of hydrogen-bond donors (Lipinski definition) is 0. The molecule has 0 fully saturated rings. The molecule has 0 bridgehead atoms. The van der Waals surface area contributed by atoms with E-state index in [1.165, 1.54) is 27.4 Å². The molecule has 0 atom stereocenters.